The van der Waals surface area contributed by atoms with Gasteiger partial charge in [-0.3, -0.25) is 0 Å². The lowest BCUT2D eigenvalue weighted by Gasteiger charge is -2.03. The molecule has 0 aromatic heterocycles. The third-order valence-electron chi connectivity index (χ3n) is 1.42. The minimum atomic E-state index is -0.999. The zero-order chi connectivity index (χ0) is 9.40. The SMILES string of the molecule is NCCCC[C@H](N=NN)C(=O)O. The molecule has 0 heterocycles. The molecule has 0 rings (SSSR count). The Morgan fingerprint density at radius 2 is 2.17 bits per heavy atom. The molecule has 1 atom stereocenters. The quantitative estimate of drug-likeness (QED) is 0.225. The molecule has 0 spiro atoms. The van der Waals surface area contributed by atoms with Gasteiger partial charge < -0.3 is 16.7 Å². The molecule has 6 heteroatoms. The van der Waals surface area contributed by atoms with E-state index >= 15 is 0 Å². The third kappa shape index (κ3) is 4.62. The molecule has 0 aromatic rings. The van der Waals surface area contributed by atoms with Crippen LogP contribution in [0.3, 0.4) is 0 Å². The highest BCUT2D eigenvalue weighted by atomic mass is 16.4. The molecule has 6 nitrogen and oxygen atoms in total. The predicted molar refractivity (Wildman–Crippen MR) is 43.4 cm³/mol. The summed E-state index contributed by atoms with van der Waals surface area (Å²) < 4.78 is 0. The number of unbranched alkanes of at least 4 members (excludes halogenated alkanes) is 1. The first-order valence-electron chi connectivity index (χ1n) is 3.75. The van der Waals surface area contributed by atoms with Gasteiger partial charge in [0.05, 0.1) is 0 Å². The van der Waals surface area contributed by atoms with Gasteiger partial charge in [-0.05, 0) is 25.8 Å². The number of nitrogens with two attached hydrogens (primary N) is 2. The standard InChI is InChI=1S/C6H14N4O2/c7-4-2-1-3-5(6(11)12)9-10-8/h5H,1-4,7H2,(H2,8,9)(H,11,12)/t5-/m0/s1. The van der Waals surface area contributed by atoms with Gasteiger partial charge in [0, 0.05) is 0 Å². The van der Waals surface area contributed by atoms with Crippen molar-refractivity contribution >= 4 is 5.97 Å². The van der Waals surface area contributed by atoms with E-state index in [1.54, 1.807) is 0 Å². The zero-order valence-corrected chi connectivity index (χ0v) is 6.81. The zero-order valence-electron chi connectivity index (χ0n) is 6.81. The summed E-state index contributed by atoms with van der Waals surface area (Å²) in [5.41, 5.74) is 5.24. The molecule has 0 saturated heterocycles. The monoisotopic (exact) mass is 174 g/mol. The van der Waals surface area contributed by atoms with Crippen LogP contribution in [0.5, 0.6) is 0 Å². The second kappa shape index (κ2) is 6.53. The summed E-state index contributed by atoms with van der Waals surface area (Å²) in [5, 5.41) is 14.9. The lowest BCUT2D eigenvalue weighted by atomic mass is 10.1. The Morgan fingerprint density at radius 1 is 1.50 bits per heavy atom. The molecule has 0 bridgehead atoms. The molecule has 0 unspecified atom stereocenters. The van der Waals surface area contributed by atoms with Gasteiger partial charge in [0.15, 0.2) is 6.04 Å². The van der Waals surface area contributed by atoms with E-state index in [1.807, 2.05) is 0 Å². The van der Waals surface area contributed by atoms with Crippen molar-refractivity contribution in [3.8, 4) is 0 Å². The van der Waals surface area contributed by atoms with Crippen molar-refractivity contribution in [3.05, 3.63) is 0 Å². The number of hydrogen-bond donors (Lipinski definition) is 3. The lowest BCUT2D eigenvalue weighted by Crippen LogP contribution is -2.18. The van der Waals surface area contributed by atoms with Crippen LogP contribution >= 0.6 is 0 Å². The Bertz CT molecular complexity index is 160. The van der Waals surface area contributed by atoms with E-state index in [4.69, 9.17) is 16.7 Å². The maximum atomic E-state index is 10.4. The van der Waals surface area contributed by atoms with Gasteiger partial charge in [-0.15, -0.1) is 0 Å². The summed E-state index contributed by atoms with van der Waals surface area (Å²) in [5.74, 6) is 3.74. The molecule has 12 heavy (non-hydrogen) atoms. The molecular weight excluding hydrogens is 160 g/mol. The Labute approximate surface area is 70.6 Å². The van der Waals surface area contributed by atoms with Crippen molar-refractivity contribution in [2.24, 2.45) is 21.9 Å². The molecule has 0 aliphatic carbocycles. The Hall–Kier alpha value is -1.17. The number of aliphatic carboxylic acids is 1. The number of hydrogen-bond acceptors (Lipinski definition) is 4. The van der Waals surface area contributed by atoms with E-state index in [1.165, 1.54) is 0 Å². The maximum Gasteiger partial charge on any atom is 0.330 e. The highest BCUT2D eigenvalue weighted by molar-refractivity contribution is 5.73. The molecule has 0 radical (unpaired) electrons. The van der Waals surface area contributed by atoms with Crippen LogP contribution in [0.15, 0.2) is 10.3 Å². The molecule has 0 aliphatic rings. The van der Waals surface area contributed by atoms with Gasteiger partial charge in [0.1, 0.15) is 0 Å². The molecular formula is C6H14N4O2. The molecule has 0 amide bonds. The molecule has 0 saturated carbocycles. The van der Waals surface area contributed by atoms with Gasteiger partial charge >= 0.3 is 5.97 Å². The Morgan fingerprint density at radius 3 is 2.58 bits per heavy atom. The van der Waals surface area contributed by atoms with E-state index in [0.29, 0.717) is 13.0 Å². The van der Waals surface area contributed by atoms with Crippen LogP contribution in [0, 0.1) is 0 Å². The normalized spacial score (nSPS) is 13.4. The first-order chi connectivity index (χ1) is 5.72. The highest BCUT2D eigenvalue weighted by Crippen LogP contribution is 2.04. The molecule has 70 valence electrons. The summed E-state index contributed by atoms with van der Waals surface area (Å²) in [6.07, 6.45) is 1.96. The van der Waals surface area contributed by atoms with Gasteiger partial charge in [-0.2, -0.15) is 5.11 Å². The molecule has 0 aliphatic heterocycles. The van der Waals surface area contributed by atoms with Crippen LogP contribution in [-0.4, -0.2) is 23.7 Å². The minimum Gasteiger partial charge on any atom is -0.480 e. The number of carboxylic acid groups (broad SMARTS) is 1. The predicted octanol–water partition coefficient (Wildman–Crippen LogP) is -0.105. The fraction of sp³-hybridized carbons (Fsp3) is 0.833. The van der Waals surface area contributed by atoms with Crippen molar-refractivity contribution in [3.63, 3.8) is 0 Å². The van der Waals surface area contributed by atoms with E-state index in [0.717, 1.165) is 12.8 Å². The second-order valence-corrected chi connectivity index (χ2v) is 2.37. The number of carbonyl (C=O) groups is 1. The number of nitrogens with zero attached hydrogens (tertiary/aromatic N) is 2. The van der Waals surface area contributed by atoms with Crippen molar-refractivity contribution in [1.82, 2.24) is 0 Å². The average molecular weight is 174 g/mol. The van der Waals surface area contributed by atoms with Gasteiger partial charge in [0.25, 0.3) is 0 Å². The van der Waals surface area contributed by atoms with Crippen molar-refractivity contribution in [2.45, 2.75) is 25.3 Å². The fourth-order valence-corrected chi connectivity index (χ4v) is 0.793. The third-order valence-corrected chi connectivity index (χ3v) is 1.42. The lowest BCUT2D eigenvalue weighted by molar-refractivity contribution is -0.138. The maximum absolute atomic E-state index is 10.4. The van der Waals surface area contributed by atoms with Crippen molar-refractivity contribution in [1.29, 1.82) is 0 Å². The van der Waals surface area contributed by atoms with Crippen molar-refractivity contribution in [2.75, 3.05) is 6.54 Å². The average Bonchev–Trinajstić information content (AvgIpc) is 2.03. The Balaban J connectivity index is 3.72. The van der Waals surface area contributed by atoms with Crippen LogP contribution in [0.4, 0.5) is 0 Å². The molecule has 5 N–H and O–H groups in total. The van der Waals surface area contributed by atoms with E-state index < -0.39 is 12.0 Å². The summed E-state index contributed by atoms with van der Waals surface area (Å²) in [6, 6.07) is -0.818. The largest absolute Gasteiger partial charge is 0.480 e. The van der Waals surface area contributed by atoms with Gasteiger partial charge in [-0.25, -0.2) is 4.79 Å². The number of rotatable bonds is 6. The van der Waals surface area contributed by atoms with Gasteiger partial charge in [-0.1, -0.05) is 5.22 Å². The van der Waals surface area contributed by atoms with Crippen LogP contribution < -0.4 is 11.6 Å². The first-order valence-corrected chi connectivity index (χ1v) is 3.75. The van der Waals surface area contributed by atoms with Gasteiger partial charge in [0.2, 0.25) is 0 Å². The van der Waals surface area contributed by atoms with Crippen LogP contribution in [0.2, 0.25) is 0 Å². The topological polar surface area (TPSA) is 114 Å². The van der Waals surface area contributed by atoms with E-state index in [9.17, 15) is 4.79 Å². The van der Waals surface area contributed by atoms with Crippen LogP contribution in [-0.2, 0) is 4.79 Å². The highest BCUT2D eigenvalue weighted by Gasteiger charge is 2.15. The van der Waals surface area contributed by atoms with E-state index in [2.05, 4.69) is 10.3 Å². The second-order valence-electron chi connectivity index (χ2n) is 2.37. The summed E-state index contributed by atoms with van der Waals surface area (Å²) in [7, 11) is 0. The Kier molecular flexibility index (Phi) is 5.90. The van der Waals surface area contributed by atoms with E-state index in [-0.39, 0.29) is 0 Å². The molecule has 0 aromatic carbocycles. The van der Waals surface area contributed by atoms with Crippen LogP contribution in [0.1, 0.15) is 19.3 Å². The summed E-state index contributed by atoms with van der Waals surface area (Å²) in [6.45, 7) is 0.562. The minimum absolute atomic E-state index is 0.438. The molecule has 0 fully saturated rings. The summed E-state index contributed by atoms with van der Waals surface area (Å²) >= 11 is 0. The van der Waals surface area contributed by atoms with Crippen LogP contribution in [0.25, 0.3) is 0 Å². The number of carboxylic acids is 1. The summed E-state index contributed by atoms with van der Waals surface area (Å²) in [4.78, 5) is 10.4. The van der Waals surface area contributed by atoms with Crippen molar-refractivity contribution < 1.29 is 9.90 Å². The fourth-order valence-electron chi connectivity index (χ4n) is 0.793. The smallest absolute Gasteiger partial charge is 0.330 e. The first kappa shape index (κ1) is 10.8.